The van der Waals surface area contributed by atoms with Crippen molar-refractivity contribution in [3.05, 3.63) is 88.1 Å². The molecule has 3 aromatic rings. The molecule has 3 nitrogen and oxygen atoms in total. The van der Waals surface area contributed by atoms with E-state index in [-0.39, 0.29) is 24.1 Å². The number of nitrogens with zero attached hydrogens (tertiary/aromatic N) is 2. The lowest BCUT2D eigenvalue weighted by Crippen LogP contribution is -2.28. The smallest absolute Gasteiger partial charge is 0.223 e. The van der Waals surface area contributed by atoms with Crippen LogP contribution in [0.5, 0.6) is 0 Å². The zero-order valence-electron chi connectivity index (χ0n) is 13.9. The van der Waals surface area contributed by atoms with Crippen molar-refractivity contribution in [2.45, 2.75) is 18.9 Å². The van der Waals surface area contributed by atoms with Crippen molar-refractivity contribution in [1.82, 2.24) is 9.88 Å². The van der Waals surface area contributed by atoms with Crippen LogP contribution in [0.4, 0.5) is 4.39 Å². The Bertz CT molecular complexity index is 821. The molecule has 0 aliphatic rings. The zero-order valence-corrected chi connectivity index (χ0v) is 14.7. The predicted molar refractivity (Wildman–Crippen MR) is 97.9 cm³/mol. The Morgan fingerprint density at radius 3 is 2.56 bits per heavy atom. The largest absolute Gasteiger partial charge is 0.339 e. The van der Waals surface area contributed by atoms with Crippen LogP contribution in [0.3, 0.4) is 0 Å². The molecule has 1 amide bonds. The highest BCUT2D eigenvalue weighted by molar-refractivity contribution is 7.09. The average Bonchev–Trinajstić information content (AvgIpc) is 3.14. The molecule has 1 heterocycles. The first kappa shape index (κ1) is 17.3. The van der Waals surface area contributed by atoms with Crippen LogP contribution in [0.2, 0.25) is 0 Å². The van der Waals surface area contributed by atoms with E-state index in [1.807, 2.05) is 35.7 Å². The SMILES string of the molecule is CN(Cc1nccs1)C(=O)CC(c1ccccc1)c1ccccc1F. The molecule has 1 unspecified atom stereocenters. The van der Waals surface area contributed by atoms with E-state index in [4.69, 9.17) is 0 Å². The van der Waals surface area contributed by atoms with Gasteiger partial charge >= 0.3 is 0 Å². The Hall–Kier alpha value is -2.53. The monoisotopic (exact) mass is 354 g/mol. The molecule has 0 fully saturated rings. The van der Waals surface area contributed by atoms with Gasteiger partial charge in [0.2, 0.25) is 5.91 Å². The molecule has 3 rings (SSSR count). The van der Waals surface area contributed by atoms with Crippen molar-refractivity contribution >= 4 is 17.2 Å². The van der Waals surface area contributed by atoms with Crippen molar-refractivity contribution in [3.63, 3.8) is 0 Å². The zero-order chi connectivity index (χ0) is 17.6. The summed E-state index contributed by atoms with van der Waals surface area (Å²) in [7, 11) is 1.76. The fourth-order valence-corrected chi connectivity index (χ4v) is 3.47. The van der Waals surface area contributed by atoms with Gasteiger partial charge in [-0.1, -0.05) is 48.5 Å². The van der Waals surface area contributed by atoms with Crippen molar-refractivity contribution in [3.8, 4) is 0 Å². The quantitative estimate of drug-likeness (QED) is 0.655. The highest BCUT2D eigenvalue weighted by Gasteiger charge is 2.23. The summed E-state index contributed by atoms with van der Waals surface area (Å²) in [6.07, 6.45) is 1.94. The van der Waals surface area contributed by atoms with Gasteiger partial charge in [-0.15, -0.1) is 11.3 Å². The maximum Gasteiger partial charge on any atom is 0.223 e. The summed E-state index contributed by atoms with van der Waals surface area (Å²) >= 11 is 1.52. The van der Waals surface area contributed by atoms with E-state index in [0.29, 0.717) is 12.1 Å². The van der Waals surface area contributed by atoms with Crippen LogP contribution in [-0.2, 0) is 11.3 Å². The highest BCUT2D eigenvalue weighted by atomic mass is 32.1. The predicted octanol–water partition coefficient (Wildman–Crippen LogP) is 4.46. The molecule has 0 radical (unpaired) electrons. The standard InChI is InChI=1S/C20H19FN2OS/c1-23(14-19-22-11-12-25-19)20(24)13-17(15-7-3-2-4-8-15)16-9-5-6-10-18(16)21/h2-12,17H,13-14H2,1H3. The molecule has 0 spiro atoms. The third kappa shape index (κ3) is 4.31. The summed E-state index contributed by atoms with van der Waals surface area (Å²) in [5.41, 5.74) is 1.48. The molecule has 0 saturated carbocycles. The van der Waals surface area contributed by atoms with Crippen molar-refractivity contribution in [2.24, 2.45) is 0 Å². The average molecular weight is 354 g/mol. The number of hydrogen-bond donors (Lipinski definition) is 0. The Morgan fingerprint density at radius 1 is 1.16 bits per heavy atom. The van der Waals surface area contributed by atoms with Crippen molar-refractivity contribution in [2.75, 3.05) is 7.05 Å². The molecule has 0 bridgehead atoms. The van der Waals surface area contributed by atoms with Crippen LogP contribution in [0.25, 0.3) is 0 Å². The van der Waals surface area contributed by atoms with Gasteiger partial charge in [0.15, 0.2) is 0 Å². The van der Waals surface area contributed by atoms with Crippen LogP contribution in [0.15, 0.2) is 66.2 Å². The number of rotatable bonds is 6. The first-order chi connectivity index (χ1) is 12.1. The van der Waals surface area contributed by atoms with E-state index in [9.17, 15) is 9.18 Å². The summed E-state index contributed by atoms with van der Waals surface area (Å²) < 4.78 is 14.3. The maximum absolute atomic E-state index is 14.3. The summed E-state index contributed by atoms with van der Waals surface area (Å²) in [5, 5.41) is 2.78. The fourth-order valence-electron chi connectivity index (χ4n) is 2.80. The molecule has 0 aliphatic heterocycles. The van der Waals surface area contributed by atoms with Crippen LogP contribution in [0, 0.1) is 5.82 Å². The van der Waals surface area contributed by atoms with Gasteiger partial charge in [-0.05, 0) is 17.2 Å². The molecule has 2 aromatic carbocycles. The van der Waals surface area contributed by atoms with Crippen LogP contribution < -0.4 is 0 Å². The second-order valence-corrected chi connectivity index (χ2v) is 6.84. The van der Waals surface area contributed by atoms with Crippen LogP contribution >= 0.6 is 11.3 Å². The lowest BCUT2D eigenvalue weighted by Gasteiger charge is -2.22. The van der Waals surface area contributed by atoms with E-state index in [1.54, 1.807) is 36.3 Å². The summed E-state index contributed by atoms with van der Waals surface area (Å²) in [6, 6.07) is 16.3. The van der Waals surface area contributed by atoms with E-state index < -0.39 is 0 Å². The van der Waals surface area contributed by atoms with Gasteiger partial charge in [0.25, 0.3) is 0 Å². The van der Waals surface area contributed by atoms with Crippen molar-refractivity contribution < 1.29 is 9.18 Å². The number of aromatic nitrogens is 1. The number of carbonyl (C=O) groups is 1. The third-order valence-corrected chi connectivity index (χ3v) is 4.91. The molecular weight excluding hydrogens is 335 g/mol. The van der Waals surface area contributed by atoms with Gasteiger partial charge in [0, 0.05) is 31.0 Å². The summed E-state index contributed by atoms with van der Waals surface area (Å²) in [4.78, 5) is 18.6. The number of carbonyl (C=O) groups excluding carboxylic acids is 1. The van der Waals surface area contributed by atoms with E-state index >= 15 is 0 Å². The summed E-state index contributed by atoms with van der Waals surface area (Å²) in [5.74, 6) is -0.632. The molecule has 1 aromatic heterocycles. The second kappa shape index (κ2) is 8.03. The van der Waals surface area contributed by atoms with E-state index in [0.717, 1.165) is 10.6 Å². The number of amides is 1. The molecule has 0 saturated heterocycles. The highest BCUT2D eigenvalue weighted by Crippen LogP contribution is 2.30. The van der Waals surface area contributed by atoms with Gasteiger partial charge in [0.1, 0.15) is 10.8 Å². The molecule has 0 aliphatic carbocycles. The van der Waals surface area contributed by atoms with E-state index in [1.165, 1.54) is 17.4 Å². The summed E-state index contributed by atoms with van der Waals surface area (Å²) in [6.45, 7) is 0.468. The molecule has 25 heavy (non-hydrogen) atoms. The normalized spacial score (nSPS) is 11.9. The minimum atomic E-state index is -0.311. The maximum atomic E-state index is 14.3. The molecule has 1 atom stereocenters. The molecule has 5 heteroatoms. The van der Waals surface area contributed by atoms with Gasteiger partial charge in [-0.3, -0.25) is 4.79 Å². The Kier molecular flexibility index (Phi) is 5.56. The Morgan fingerprint density at radius 2 is 1.88 bits per heavy atom. The van der Waals surface area contributed by atoms with Crippen LogP contribution in [0.1, 0.15) is 28.5 Å². The lowest BCUT2D eigenvalue weighted by molar-refractivity contribution is -0.130. The number of hydrogen-bond acceptors (Lipinski definition) is 3. The minimum Gasteiger partial charge on any atom is -0.339 e. The second-order valence-electron chi connectivity index (χ2n) is 5.86. The fraction of sp³-hybridized carbons (Fsp3) is 0.200. The first-order valence-electron chi connectivity index (χ1n) is 8.07. The van der Waals surface area contributed by atoms with Gasteiger partial charge in [0.05, 0.1) is 6.54 Å². The molecule has 128 valence electrons. The molecular formula is C20H19FN2OS. The minimum absolute atomic E-state index is 0.0349. The number of halogens is 1. The number of thiazole rings is 1. The Labute approximate surface area is 150 Å². The van der Waals surface area contributed by atoms with Gasteiger partial charge in [-0.2, -0.15) is 0 Å². The van der Waals surface area contributed by atoms with Gasteiger partial charge in [-0.25, -0.2) is 9.37 Å². The van der Waals surface area contributed by atoms with E-state index in [2.05, 4.69) is 4.98 Å². The van der Waals surface area contributed by atoms with Crippen molar-refractivity contribution in [1.29, 1.82) is 0 Å². The molecule has 0 N–H and O–H groups in total. The third-order valence-electron chi connectivity index (χ3n) is 4.14. The van der Waals surface area contributed by atoms with Gasteiger partial charge < -0.3 is 4.90 Å². The lowest BCUT2D eigenvalue weighted by atomic mass is 9.88. The number of benzene rings is 2. The topological polar surface area (TPSA) is 33.2 Å². The Balaban J connectivity index is 1.83. The van der Waals surface area contributed by atoms with Crippen LogP contribution in [-0.4, -0.2) is 22.8 Å². The first-order valence-corrected chi connectivity index (χ1v) is 8.95.